The van der Waals surface area contributed by atoms with Gasteiger partial charge in [0.15, 0.2) is 0 Å². The van der Waals surface area contributed by atoms with E-state index in [-0.39, 0.29) is 10.7 Å². The molecule has 0 saturated heterocycles. The number of halogens is 1. The fraction of sp³-hybridized carbons (Fsp3) is 0.333. The standard InChI is InChI=1S/C6H7ClN2/c1-3-9-6(7)5(2)4-8/h2-3H2,1H3/b9-6+. The third-order valence-corrected chi connectivity index (χ3v) is 1.03. The monoisotopic (exact) mass is 142 g/mol. The predicted molar refractivity (Wildman–Crippen MR) is 38.6 cm³/mol. The zero-order valence-corrected chi connectivity index (χ0v) is 5.94. The van der Waals surface area contributed by atoms with Crippen LogP contribution in [0.2, 0.25) is 0 Å². The van der Waals surface area contributed by atoms with E-state index in [0.717, 1.165) is 0 Å². The zero-order valence-electron chi connectivity index (χ0n) is 5.19. The molecule has 0 aromatic carbocycles. The molecule has 0 amide bonds. The lowest BCUT2D eigenvalue weighted by Gasteiger charge is -1.88. The summed E-state index contributed by atoms with van der Waals surface area (Å²) in [4.78, 5) is 3.76. The Bertz CT molecular complexity index is 176. The average Bonchev–Trinajstić information content (AvgIpc) is 1.87. The minimum absolute atomic E-state index is 0.208. The van der Waals surface area contributed by atoms with Gasteiger partial charge in [-0.2, -0.15) is 5.26 Å². The van der Waals surface area contributed by atoms with Crippen molar-refractivity contribution in [2.45, 2.75) is 6.92 Å². The molecule has 2 nitrogen and oxygen atoms in total. The molecule has 0 rings (SSSR count). The Labute approximate surface area is 59.5 Å². The second-order valence-electron chi connectivity index (χ2n) is 1.36. The van der Waals surface area contributed by atoms with Gasteiger partial charge in [-0.05, 0) is 6.92 Å². The first-order valence-corrected chi connectivity index (χ1v) is 2.89. The molecule has 0 N–H and O–H groups in total. The second-order valence-corrected chi connectivity index (χ2v) is 1.71. The fourth-order valence-corrected chi connectivity index (χ4v) is 0.442. The first-order chi connectivity index (χ1) is 4.22. The van der Waals surface area contributed by atoms with Gasteiger partial charge in [0.25, 0.3) is 0 Å². The van der Waals surface area contributed by atoms with Gasteiger partial charge in [-0.3, -0.25) is 4.99 Å². The summed E-state index contributed by atoms with van der Waals surface area (Å²) >= 11 is 5.46. The topological polar surface area (TPSA) is 36.1 Å². The van der Waals surface area contributed by atoms with Gasteiger partial charge in [-0.15, -0.1) is 0 Å². The quantitative estimate of drug-likeness (QED) is 0.427. The number of nitrogens with zero attached hydrogens (tertiary/aromatic N) is 2. The first-order valence-electron chi connectivity index (χ1n) is 2.51. The lowest BCUT2D eigenvalue weighted by molar-refractivity contribution is 1.14. The van der Waals surface area contributed by atoms with Crippen molar-refractivity contribution in [2.75, 3.05) is 6.54 Å². The number of nitriles is 1. The molecular formula is C6H7ClN2. The van der Waals surface area contributed by atoms with Gasteiger partial charge in [0.2, 0.25) is 0 Å². The Morgan fingerprint density at radius 1 is 1.89 bits per heavy atom. The highest BCUT2D eigenvalue weighted by molar-refractivity contribution is 6.70. The lowest BCUT2D eigenvalue weighted by Crippen LogP contribution is -1.89. The number of hydrogen-bond acceptors (Lipinski definition) is 2. The minimum Gasteiger partial charge on any atom is -0.272 e. The molecule has 3 heteroatoms. The molecule has 0 unspecified atom stereocenters. The molecule has 0 spiro atoms. The zero-order chi connectivity index (χ0) is 7.28. The lowest BCUT2D eigenvalue weighted by atomic mass is 10.4. The van der Waals surface area contributed by atoms with Crippen LogP contribution >= 0.6 is 11.6 Å². The van der Waals surface area contributed by atoms with Gasteiger partial charge in [0.1, 0.15) is 11.2 Å². The van der Waals surface area contributed by atoms with E-state index in [0.29, 0.717) is 6.54 Å². The minimum atomic E-state index is 0.208. The molecule has 0 aromatic rings. The van der Waals surface area contributed by atoms with Crippen LogP contribution in [0.5, 0.6) is 0 Å². The van der Waals surface area contributed by atoms with Crippen molar-refractivity contribution in [1.29, 1.82) is 5.26 Å². The van der Waals surface area contributed by atoms with Crippen LogP contribution < -0.4 is 0 Å². The molecule has 0 atom stereocenters. The molecule has 0 fully saturated rings. The summed E-state index contributed by atoms with van der Waals surface area (Å²) in [6, 6.07) is 1.79. The second kappa shape index (κ2) is 4.11. The molecule has 0 aromatic heterocycles. The Kier molecular flexibility index (Phi) is 3.74. The van der Waals surface area contributed by atoms with Crippen molar-refractivity contribution in [3.8, 4) is 6.07 Å². The summed E-state index contributed by atoms with van der Waals surface area (Å²) in [7, 11) is 0. The van der Waals surface area contributed by atoms with Crippen LogP contribution in [0.25, 0.3) is 0 Å². The van der Waals surface area contributed by atoms with Crippen LogP contribution in [0.1, 0.15) is 6.92 Å². The summed E-state index contributed by atoms with van der Waals surface area (Å²) < 4.78 is 0. The summed E-state index contributed by atoms with van der Waals surface area (Å²) in [6.07, 6.45) is 0. The maximum atomic E-state index is 8.22. The summed E-state index contributed by atoms with van der Waals surface area (Å²) in [5.41, 5.74) is 0.221. The van der Waals surface area contributed by atoms with E-state index < -0.39 is 0 Å². The highest BCUT2D eigenvalue weighted by Crippen LogP contribution is 1.97. The van der Waals surface area contributed by atoms with Crippen molar-refractivity contribution in [2.24, 2.45) is 4.99 Å². The summed E-state index contributed by atoms with van der Waals surface area (Å²) in [5.74, 6) is 0. The highest BCUT2D eigenvalue weighted by Gasteiger charge is 1.95. The molecular weight excluding hydrogens is 136 g/mol. The number of aliphatic imine (C=N–C) groups is 1. The Morgan fingerprint density at radius 2 is 2.44 bits per heavy atom. The van der Waals surface area contributed by atoms with E-state index in [2.05, 4.69) is 11.6 Å². The van der Waals surface area contributed by atoms with E-state index >= 15 is 0 Å². The molecule has 0 radical (unpaired) electrons. The van der Waals surface area contributed by atoms with Crippen molar-refractivity contribution >= 4 is 16.8 Å². The van der Waals surface area contributed by atoms with Crippen molar-refractivity contribution in [1.82, 2.24) is 0 Å². The predicted octanol–water partition coefficient (Wildman–Crippen LogP) is 1.72. The molecule has 0 aliphatic carbocycles. The average molecular weight is 143 g/mol. The van der Waals surface area contributed by atoms with Crippen molar-refractivity contribution in [3.63, 3.8) is 0 Å². The van der Waals surface area contributed by atoms with Crippen LogP contribution in [-0.4, -0.2) is 11.7 Å². The molecule has 9 heavy (non-hydrogen) atoms. The van der Waals surface area contributed by atoms with E-state index in [4.69, 9.17) is 16.9 Å². The SMILES string of the molecule is C=C(C#N)/C(Cl)=N\CC. The van der Waals surface area contributed by atoms with Gasteiger partial charge in [-0.1, -0.05) is 18.2 Å². The van der Waals surface area contributed by atoms with Crippen LogP contribution in [-0.2, 0) is 0 Å². The van der Waals surface area contributed by atoms with E-state index in [9.17, 15) is 0 Å². The van der Waals surface area contributed by atoms with Crippen LogP contribution in [0.3, 0.4) is 0 Å². The Hall–Kier alpha value is -0.810. The van der Waals surface area contributed by atoms with Crippen LogP contribution in [0.15, 0.2) is 17.1 Å². The van der Waals surface area contributed by atoms with Gasteiger partial charge in [0, 0.05) is 6.54 Å². The fourth-order valence-electron chi connectivity index (χ4n) is 0.280. The summed E-state index contributed by atoms with van der Waals surface area (Å²) in [5, 5.41) is 8.43. The summed E-state index contributed by atoms with van der Waals surface area (Å²) in [6.45, 7) is 5.79. The van der Waals surface area contributed by atoms with E-state index in [1.807, 2.05) is 6.92 Å². The first kappa shape index (κ1) is 8.19. The van der Waals surface area contributed by atoms with Crippen LogP contribution in [0.4, 0.5) is 0 Å². The number of rotatable bonds is 2. The van der Waals surface area contributed by atoms with E-state index in [1.54, 1.807) is 6.07 Å². The maximum absolute atomic E-state index is 8.22. The maximum Gasteiger partial charge on any atom is 0.140 e. The van der Waals surface area contributed by atoms with Gasteiger partial charge < -0.3 is 0 Å². The van der Waals surface area contributed by atoms with E-state index in [1.165, 1.54) is 0 Å². The number of allylic oxidation sites excluding steroid dienone is 1. The molecule has 0 heterocycles. The highest BCUT2D eigenvalue weighted by atomic mass is 35.5. The van der Waals surface area contributed by atoms with Crippen LogP contribution in [0, 0.1) is 11.3 Å². The molecule has 0 aliphatic rings. The molecule has 0 saturated carbocycles. The largest absolute Gasteiger partial charge is 0.272 e. The van der Waals surface area contributed by atoms with Crippen molar-refractivity contribution in [3.05, 3.63) is 12.2 Å². The third-order valence-electron chi connectivity index (χ3n) is 0.681. The number of hydrogen-bond donors (Lipinski definition) is 0. The van der Waals surface area contributed by atoms with Crippen molar-refractivity contribution < 1.29 is 0 Å². The van der Waals surface area contributed by atoms with Gasteiger partial charge in [0.05, 0.1) is 5.57 Å². The molecule has 48 valence electrons. The Balaban J connectivity index is 4.07. The third kappa shape index (κ3) is 2.89. The Morgan fingerprint density at radius 3 is 2.78 bits per heavy atom. The molecule has 0 bridgehead atoms. The normalized spacial score (nSPS) is 10.6. The van der Waals surface area contributed by atoms with Gasteiger partial charge >= 0.3 is 0 Å². The smallest absolute Gasteiger partial charge is 0.140 e. The molecule has 0 aliphatic heterocycles. The van der Waals surface area contributed by atoms with Gasteiger partial charge in [-0.25, -0.2) is 0 Å².